The van der Waals surface area contributed by atoms with Gasteiger partial charge in [-0.05, 0) is 42.7 Å². The molecule has 3 aromatic rings. The van der Waals surface area contributed by atoms with Crippen molar-refractivity contribution in [3.05, 3.63) is 64.9 Å². The topological polar surface area (TPSA) is 67.1 Å². The minimum Gasteiger partial charge on any atom is -0.393 e. The zero-order valence-electron chi connectivity index (χ0n) is 13.8. The van der Waals surface area contributed by atoms with Crippen LogP contribution in [0.25, 0.3) is 0 Å². The molecule has 0 bridgehead atoms. The molecule has 2 aromatic carbocycles. The summed E-state index contributed by atoms with van der Waals surface area (Å²) in [6.45, 7) is 2.82. The van der Waals surface area contributed by atoms with Crippen molar-refractivity contribution in [2.75, 3.05) is 22.5 Å². The van der Waals surface area contributed by atoms with Gasteiger partial charge in [0.15, 0.2) is 11.6 Å². The van der Waals surface area contributed by atoms with E-state index in [9.17, 15) is 0 Å². The molecular weight excluding hydrogens is 334 g/mol. The fraction of sp³-hybridized carbons (Fsp3) is 0.158. The lowest BCUT2D eigenvalue weighted by molar-refractivity contribution is 0.967. The maximum Gasteiger partial charge on any atom is 0.161 e. The minimum absolute atomic E-state index is 0.526. The Morgan fingerprint density at radius 3 is 2.84 bits per heavy atom. The molecule has 0 spiro atoms. The van der Waals surface area contributed by atoms with Crippen molar-refractivity contribution >= 4 is 40.3 Å². The van der Waals surface area contributed by atoms with E-state index in [0.29, 0.717) is 16.5 Å². The SMILES string of the molecule is Cc1c(Cl)cccc1Nc1ncnc(N2CCc3ccccc32)c1N. The number of fused-ring (bicyclic) bond motifs is 1. The van der Waals surface area contributed by atoms with Crippen LogP contribution in [0.3, 0.4) is 0 Å². The van der Waals surface area contributed by atoms with Gasteiger partial charge in [0.2, 0.25) is 0 Å². The normalized spacial score (nSPS) is 13.0. The highest BCUT2D eigenvalue weighted by Gasteiger charge is 2.24. The molecule has 0 fully saturated rings. The molecule has 5 nitrogen and oxygen atoms in total. The van der Waals surface area contributed by atoms with Crippen LogP contribution in [0.1, 0.15) is 11.1 Å². The van der Waals surface area contributed by atoms with E-state index in [1.165, 1.54) is 11.9 Å². The number of nitrogens with one attached hydrogen (secondary N) is 1. The number of nitrogen functional groups attached to an aromatic ring is 1. The Bertz CT molecular complexity index is 941. The summed E-state index contributed by atoms with van der Waals surface area (Å²) in [5.74, 6) is 1.31. The number of nitrogens with two attached hydrogens (primary N) is 1. The van der Waals surface area contributed by atoms with E-state index >= 15 is 0 Å². The lowest BCUT2D eigenvalue weighted by Crippen LogP contribution is -2.17. The highest BCUT2D eigenvalue weighted by atomic mass is 35.5. The van der Waals surface area contributed by atoms with Crippen LogP contribution in [0.15, 0.2) is 48.8 Å². The summed E-state index contributed by atoms with van der Waals surface area (Å²) in [5.41, 5.74) is 11.2. The minimum atomic E-state index is 0.526. The third-order valence-electron chi connectivity index (χ3n) is 4.53. The largest absolute Gasteiger partial charge is 0.393 e. The van der Waals surface area contributed by atoms with Crippen LogP contribution in [0.4, 0.5) is 28.7 Å². The third-order valence-corrected chi connectivity index (χ3v) is 4.94. The molecule has 0 aliphatic carbocycles. The van der Waals surface area contributed by atoms with Crippen molar-refractivity contribution in [3.8, 4) is 0 Å². The van der Waals surface area contributed by atoms with Gasteiger partial charge in [0.25, 0.3) is 0 Å². The lowest BCUT2D eigenvalue weighted by atomic mass is 10.2. The fourth-order valence-electron chi connectivity index (χ4n) is 3.13. The molecule has 126 valence electrons. The number of halogens is 1. The number of benzene rings is 2. The van der Waals surface area contributed by atoms with Gasteiger partial charge in [0.05, 0.1) is 0 Å². The van der Waals surface area contributed by atoms with Gasteiger partial charge in [-0.25, -0.2) is 9.97 Å². The second kappa shape index (κ2) is 6.26. The van der Waals surface area contributed by atoms with Gasteiger partial charge in [-0.15, -0.1) is 0 Å². The van der Waals surface area contributed by atoms with E-state index < -0.39 is 0 Å². The second-order valence-electron chi connectivity index (χ2n) is 6.03. The Hall–Kier alpha value is -2.79. The predicted octanol–water partition coefficient (Wildman–Crippen LogP) is 4.46. The van der Waals surface area contributed by atoms with Gasteiger partial charge < -0.3 is 16.0 Å². The highest BCUT2D eigenvalue weighted by molar-refractivity contribution is 6.31. The van der Waals surface area contributed by atoms with Crippen LogP contribution in [-0.4, -0.2) is 16.5 Å². The van der Waals surface area contributed by atoms with Crippen LogP contribution in [-0.2, 0) is 6.42 Å². The van der Waals surface area contributed by atoms with Gasteiger partial charge >= 0.3 is 0 Å². The van der Waals surface area contributed by atoms with Crippen molar-refractivity contribution < 1.29 is 0 Å². The monoisotopic (exact) mass is 351 g/mol. The molecule has 6 heteroatoms. The molecule has 0 unspecified atom stereocenters. The summed E-state index contributed by atoms with van der Waals surface area (Å²) >= 11 is 6.20. The maximum absolute atomic E-state index is 6.39. The summed E-state index contributed by atoms with van der Waals surface area (Å²) in [6, 6.07) is 14.0. The van der Waals surface area contributed by atoms with E-state index in [4.69, 9.17) is 17.3 Å². The van der Waals surface area contributed by atoms with Crippen LogP contribution in [0, 0.1) is 6.92 Å². The zero-order chi connectivity index (χ0) is 17.4. The van der Waals surface area contributed by atoms with E-state index in [0.717, 1.165) is 35.7 Å². The lowest BCUT2D eigenvalue weighted by Gasteiger charge is -2.21. The van der Waals surface area contributed by atoms with Crippen molar-refractivity contribution in [2.45, 2.75) is 13.3 Å². The summed E-state index contributed by atoms with van der Waals surface area (Å²) in [4.78, 5) is 10.9. The van der Waals surface area contributed by atoms with Gasteiger partial charge in [-0.3, -0.25) is 0 Å². The summed E-state index contributed by atoms with van der Waals surface area (Å²) in [5, 5.41) is 3.98. The molecule has 4 rings (SSSR count). The fourth-order valence-corrected chi connectivity index (χ4v) is 3.30. The summed E-state index contributed by atoms with van der Waals surface area (Å²) in [7, 11) is 0. The number of anilines is 5. The maximum atomic E-state index is 6.39. The molecule has 0 amide bonds. The molecule has 1 aromatic heterocycles. The highest BCUT2D eigenvalue weighted by Crippen LogP contribution is 2.38. The first-order valence-corrected chi connectivity index (χ1v) is 8.51. The molecule has 1 aliphatic rings. The molecule has 3 N–H and O–H groups in total. The Kier molecular flexibility index (Phi) is 3.93. The average molecular weight is 352 g/mol. The van der Waals surface area contributed by atoms with Crippen LogP contribution < -0.4 is 16.0 Å². The van der Waals surface area contributed by atoms with Crippen molar-refractivity contribution in [3.63, 3.8) is 0 Å². The first-order chi connectivity index (χ1) is 12.1. The zero-order valence-corrected chi connectivity index (χ0v) is 14.6. The molecule has 0 saturated carbocycles. The van der Waals surface area contributed by atoms with E-state index in [1.54, 1.807) is 0 Å². The van der Waals surface area contributed by atoms with E-state index in [1.807, 2.05) is 31.2 Å². The quantitative estimate of drug-likeness (QED) is 0.729. The van der Waals surface area contributed by atoms with Gasteiger partial charge in [-0.2, -0.15) is 0 Å². The van der Waals surface area contributed by atoms with Crippen molar-refractivity contribution in [1.29, 1.82) is 0 Å². The molecule has 1 aliphatic heterocycles. The predicted molar refractivity (Wildman–Crippen MR) is 103 cm³/mol. The summed E-state index contributed by atoms with van der Waals surface area (Å²) in [6.07, 6.45) is 2.52. The Morgan fingerprint density at radius 1 is 1.12 bits per heavy atom. The molecule has 0 atom stereocenters. The molecule has 2 heterocycles. The van der Waals surface area contributed by atoms with Crippen LogP contribution in [0.5, 0.6) is 0 Å². The number of para-hydroxylation sites is 1. The number of hydrogen-bond donors (Lipinski definition) is 2. The molecule has 25 heavy (non-hydrogen) atoms. The standard InChI is InChI=1S/C19H18ClN5/c1-12-14(20)6-4-7-15(12)24-18-17(21)19(23-11-22-18)25-10-9-13-5-2-3-8-16(13)25/h2-8,11H,9-10,21H2,1H3,(H,22,23,24). The smallest absolute Gasteiger partial charge is 0.161 e. The van der Waals surface area contributed by atoms with Gasteiger partial charge in [0.1, 0.15) is 12.0 Å². The second-order valence-corrected chi connectivity index (χ2v) is 6.43. The van der Waals surface area contributed by atoms with Crippen molar-refractivity contribution in [2.24, 2.45) is 0 Å². The number of rotatable bonds is 3. The summed E-state index contributed by atoms with van der Waals surface area (Å²) < 4.78 is 0. The number of aromatic nitrogens is 2. The van der Waals surface area contributed by atoms with Crippen LogP contribution >= 0.6 is 11.6 Å². The third kappa shape index (κ3) is 2.76. The Morgan fingerprint density at radius 2 is 1.96 bits per heavy atom. The number of hydrogen-bond acceptors (Lipinski definition) is 5. The Balaban J connectivity index is 1.71. The Labute approximate surface area is 151 Å². The van der Waals surface area contributed by atoms with Crippen molar-refractivity contribution in [1.82, 2.24) is 9.97 Å². The van der Waals surface area contributed by atoms with Gasteiger partial charge in [-0.1, -0.05) is 35.9 Å². The first-order valence-electron chi connectivity index (χ1n) is 8.13. The van der Waals surface area contributed by atoms with Crippen LogP contribution in [0.2, 0.25) is 5.02 Å². The molecule has 0 saturated heterocycles. The van der Waals surface area contributed by atoms with E-state index in [-0.39, 0.29) is 0 Å². The number of nitrogens with zero attached hydrogens (tertiary/aromatic N) is 3. The average Bonchev–Trinajstić information content (AvgIpc) is 3.05. The van der Waals surface area contributed by atoms with Gasteiger partial charge in [0, 0.05) is 22.9 Å². The first kappa shape index (κ1) is 15.7. The molecule has 0 radical (unpaired) electrons. The molecular formula is C19H18ClN5. The van der Waals surface area contributed by atoms with E-state index in [2.05, 4.69) is 38.4 Å².